The fraction of sp³-hybridized carbons (Fsp3) is 0.231. The molecule has 88 valence electrons. The molecule has 4 heteroatoms. The van der Waals surface area contributed by atoms with Crippen molar-refractivity contribution in [2.45, 2.75) is 20.3 Å². The minimum absolute atomic E-state index is 0.105. The highest BCUT2D eigenvalue weighted by Gasteiger charge is 2.19. The molecular weight excluding hydrogens is 218 g/mol. The first-order chi connectivity index (χ1) is 8.11. The molecule has 0 bridgehead atoms. The van der Waals surface area contributed by atoms with Crippen molar-refractivity contribution >= 4 is 5.97 Å². The summed E-state index contributed by atoms with van der Waals surface area (Å²) in [4.78, 5) is 15.1. The maximum absolute atomic E-state index is 11.0. The molecule has 0 amide bonds. The maximum Gasteiger partial charge on any atom is 0.374 e. The van der Waals surface area contributed by atoms with Crippen molar-refractivity contribution in [2.75, 3.05) is 0 Å². The Morgan fingerprint density at radius 1 is 1.35 bits per heavy atom. The molecule has 1 aromatic carbocycles. The third kappa shape index (κ3) is 2.20. The van der Waals surface area contributed by atoms with Crippen LogP contribution in [-0.4, -0.2) is 16.1 Å². The third-order valence-electron chi connectivity index (χ3n) is 2.56. The molecule has 0 atom stereocenters. The highest BCUT2D eigenvalue weighted by Crippen LogP contribution is 2.24. The van der Waals surface area contributed by atoms with E-state index in [4.69, 9.17) is 9.52 Å². The van der Waals surface area contributed by atoms with Crippen LogP contribution in [0.3, 0.4) is 0 Å². The molecule has 1 aromatic heterocycles. The Hall–Kier alpha value is -2.10. The van der Waals surface area contributed by atoms with Crippen molar-refractivity contribution in [2.24, 2.45) is 0 Å². The smallest absolute Gasteiger partial charge is 0.374 e. The Balaban J connectivity index is 2.48. The van der Waals surface area contributed by atoms with Crippen LogP contribution in [0.2, 0.25) is 0 Å². The lowest BCUT2D eigenvalue weighted by molar-refractivity contribution is 0.0662. The zero-order chi connectivity index (χ0) is 12.4. The molecule has 0 unspecified atom stereocenters. The average molecular weight is 231 g/mol. The lowest BCUT2D eigenvalue weighted by Crippen LogP contribution is -1.96. The molecule has 0 fully saturated rings. The number of hydrogen-bond acceptors (Lipinski definition) is 3. The second-order valence-corrected chi connectivity index (χ2v) is 3.77. The summed E-state index contributed by atoms with van der Waals surface area (Å²) < 4.78 is 5.08. The molecule has 0 aliphatic heterocycles. The molecule has 1 N–H and O–H groups in total. The van der Waals surface area contributed by atoms with Crippen LogP contribution in [0.5, 0.6) is 0 Å². The van der Waals surface area contributed by atoms with Crippen LogP contribution < -0.4 is 0 Å². The molecule has 17 heavy (non-hydrogen) atoms. The number of nitrogens with zero attached hydrogens (tertiary/aromatic N) is 1. The number of aryl methyl sites for hydroxylation is 2. The molecule has 2 aromatic rings. The van der Waals surface area contributed by atoms with Crippen LogP contribution in [0.4, 0.5) is 0 Å². The topological polar surface area (TPSA) is 63.3 Å². The van der Waals surface area contributed by atoms with Gasteiger partial charge in [-0.25, -0.2) is 9.78 Å². The number of carboxylic acids is 1. The van der Waals surface area contributed by atoms with E-state index in [0.717, 1.165) is 12.0 Å². The molecule has 0 aliphatic carbocycles. The standard InChI is InChI=1S/C13H13NO3/c1-3-9-4-6-10(7-5-9)11-12(13(15)16)17-8(2)14-11/h4-7H,3H2,1-2H3,(H,15,16). The molecule has 0 saturated carbocycles. The normalized spacial score (nSPS) is 10.5. The Morgan fingerprint density at radius 2 is 2.00 bits per heavy atom. The van der Waals surface area contributed by atoms with Crippen molar-refractivity contribution < 1.29 is 14.3 Å². The van der Waals surface area contributed by atoms with Crippen LogP contribution in [-0.2, 0) is 6.42 Å². The lowest BCUT2D eigenvalue weighted by atomic mass is 10.1. The van der Waals surface area contributed by atoms with E-state index >= 15 is 0 Å². The highest BCUT2D eigenvalue weighted by molar-refractivity contribution is 5.91. The van der Waals surface area contributed by atoms with Gasteiger partial charge < -0.3 is 9.52 Å². The second kappa shape index (κ2) is 4.41. The fourth-order valence-corrected chi connectivity index (χ4v) is 1.67. The number of benzene rings is 1. The van der Waals surface area contributed by atoms with Gasteiger partial charge >= 0.3 is 5.97 Å². The molecule has 0 spiro atoms. The van der Waals surface area contributed by atoms with Crippen molar-refractivity contribution in [1.29, 1.82) is 0 Å². The Kier molecular flexibility index (Phi) is 2.95. The molecule has 0 radical (unpaired) electrons. The van der Waals surface area contributed by atoms with E-state index in [9.17, 15) is 4.79 Å². The van der Waals surface area contributed by atoms with Crippen LogP contribution in [0.25, 0.3) is 11.3 Å². The van der Waals surface area contributed by atoms with Crippen molar-refractivity contribution in [3.63, 3.8) is 0 Å². The summed E-state index contributed by atoms with van der Waals surface area (Å²) in [6, 6.07) is 7.65. The minimum Gasteiger partial charge on any atom is -0.475 e. The predicted molar refractivity (Wildman–Crippen MR) is 63.0 cm³/mol. The number of oxazole rings is 1. The second-order valence-electron chi connectivity index (χ2n) is 3.77. The van der Waals surface area contributed by atoms with E-state index in [-0.39, 0.29) is 5.76 Å². The van der Waals surface area contributed by atoms with Crippen molar-refractivity contribution in [3.05, 3.63) is 41.5 Å². The lowest BCUT2D eigenvalue weighted by Gasteiger charge is -2.00. The summed E-state index contributed by atoms with van der Waals surface area (Å²) in [5.74, 6) is -0.844. The molecule has 0 aliphatic rings. The quantitative estimate of drug-likeness (QED) is 0.882. The van der Waals surface area contributed by atoms with E-state index in [1.807, 2.05) is 24.3 Å². The van der Waals surface area contributed by atoms with Crippen molar-refractivity contribution in [1.82, 2.24) is 4.98 Å². The molecule has 2 rings (SSSR count). The monoisotopic (exact) mass is 231 g/mol. The largest absolute Gasteiger partial charge is 0.475 e. The summed E-state index contributed by atoms with van der Waals surface area (Å²) >= 11 is 0. The van der Waals surface area contributed by atoms with Gasteiger partial charge in [-0.2, -0.15) is 0 Å². The summed E-state index contributed by atoms with van der Waals surface area (Å²) in [7, 11) is 0. The van der Waals surface area contributed by atoms with Gasteiger partial charge in [0.25, 0.3) is 0 Å². The number of hydrogen-bond donors (Lipinski definition) is 1. The van der Waals surface area contributed by atoms with Crippen LogP contribution in [0, 0.1) is 6.92 Å². The maximum atomic E-state index is 11.0. The van der Waals surface area contributed by atoms with Crippen LogP contribution in [0.15, 0.2) is 28.7 Å². The minimum atomic E-state index is -1.10. The van der Waals surface area contributed by atoms with Gasteiger partial charge in [-0.05, 0) is 12.0 Å². The van der Waals surface area contributed by atoms with E-state index in [2.05, 4.69) is 11.9 Å². The number of rotatable bonds is 3. The van der Waals surface area contributed by atoms with E-state index in [0.29, 0.717) is 11.6 Å². The number of aromatic carboxylic acids is 1. The first kappa shape index (κ1) is 11.4. The number of aromatic nitrogens is 1. The van der Waals surface area contributed by atoms with Gasteiger partial charge in [0.15, 0.2) is 5.89 Å². The predicted octanol–water partition coefficient (Wildman–Crippen LogP) is 2.91. The van der Waals surface area contributed by atoms with Gasteiger partial charge in [-0.1, -0.05) is 31.2 Å². The summed E-state index contributed by atoms with van der Waals surface area (Å²) in [6.45, 7) is 3.70. The molecule has 1 heterocycles. The Labute approximate surface area is 98.9 Å². The first-order valence-corrected chi connectivity index (χ1v) is 5.42. The Morgan fingerprint density at radius 3 is 2.53 bits per heavy atom. The van der Waals surface area contributed by atoms with Crippen LogP contribution in [0.1, 0.15) is 28.9 Å². The van der Waals surface area contributed by atoms with Gasteiger partial charge in [0.1, 0.15) is 5.69 Å². The zero-order valence-electron chi connectivity index (χ0n) is 9.73. The molecule has 4 nitrogen and oxygen atoms in total. The van der Waals surface area contributed by atoms with E-state index in [1.54, 1.807) is 6.92 Å². The van der Waals surface area contributed by atoms with Gasteiger partial charge in [0.2, 0.25) is 5.76 Å². The van der Waals surface area contributed by atoms with Gasteiger partial charge in [-0.3, -0.25) is 0 Å². The number of carbonyl (C=O) groups is 1. The molecular formula is C13H13NO3. The van der Waals surface area contributed by atoms with Gasteiger partial charge in [0.05, 0.1) is 0 Å². The van der Waals surface area contributed by atoms with Gasteiger partial charge in [0, 0.05) is 12.5 Å². The van der Waals surface area contributed by atoms with E-state index < -0.39 is 5.97 Å². The fourth-order valence-electron chi connectivity index (χ4n) is 1.67. The molecule has 0 saturated heterocycles. The highest BCUT2D eigenvalue weighted by atomic mass is 16.4. The Bertz CT molecular complexity index is 540. The number of carboxylic acid groups (broad SMARTS) is 1. The summed E-state index contributed by atoms with van der Waals surface area (Å²) in [5, 5.41) is 9.01. The van der Waals surface area contributed by atoms with Gasteiger partial charge in [-0.15, -0.1) is 0 Å². The average Bonchev–Trinajstić information content (AvgIpc) is 2.72. The van der Waals surface area contributed by atoms with Crippen molar-refractivity contribution in [3.8, 4) is 11.3 Å². The summed E-state index contributed by atoms with van der Waals surface area (Å²) in [5.41, 5.74) is 2.35. The zero-order valence-corrected chi connectivity index (χ0v) is 9.73. The van der Waals surface area contributed by atoms with E-state index in [1.165, 1.54) is 5.56 Å². The SMILES string of the molecule is CCc1ccc(-c2nc(C)oc2C(=O)O)cc1. The van der Waals surface area contributed by atoms with Crippen LogP contribution >= 0.6 is 0 Å². The summed E-state index contributed by atoms with van der Waals surface area (Å²) in [6.07, 6.45) is 0.948. The third-order valence-corrected chi connectivity index (χ3v) is 2.56. The first-order valence-electron chi connectivity index (χ1n) is 5.42.